The second-order valence-corrected chi connectivity index (χ2v) is 6.71. The van der Waals surface area contributed by atoms with Gasteiger partial charge < -0.3 is 9.80 Å². The standard InChI is InChI=1S/C18H23N5O3/c1-13-18(23(25)26)14(2)22(19-13)12-17(24)21-10-9-20(3)11-16(21)15-7-5-4-6-8-15/h4-8,16H,9-12H2,1-3H3. The van der Waals surface area contributed by atoms with Gasteiger partial charge in [-0.05, 0) is 26.5 Å². The van der Waals surface area contributed by atoms with Crippen LogP contribution in [0.3, 0.4) is 0 Å². The van der Waals surface area contributed by atoms with Crippen LogP contribution in [0.4, 0.5) is 5.69 Å². The van der Waals surface area contributed by atoms with Crippen molar-refractivity contribution in [1.29, 1.82) is 0 Å². The Morgan fingerprint density at radius 2 is 1.96 bits per heavy atom. The molecule has 138 valence electrons. The summed E-state index contributed by atoms with van der Waals surface area (Å²) >= 11 is 0. The van der Waals surface area contributed by atoms with E-state index in [2.05, 4.69) is 10.00 Å². The van der Waals surface area contributed by atoms with Crippen molar-refractivity contribution in [2.45, 2.75) is 26.4 Å². The van der Waals surface area contributed by atoms with Crippen molar-refractivity contribution in [2.24, 2.45) is 0 Å². The number of carbonyl (C=O) groups excluding carboxylic acids is 1. The summed E-state index contributed by atoms with van der Waals surface area (Å²) in [5.74, 6) is -0.0764. The molecule has 0 radical (unpaired) electrons. The molecule has 1 aromatic heterocycles. The highest BCUT2D eigenvalue weighted by Crippen LogP contribution is 2.26. The molecule has 2 aromatic rings. The van der Waals surface area contributed by atoms with E-state index >= 15 is 0 Å². The number of hydrogen-bond acceptors (Lipinski definition) is 5. The number of nitro groups is 1. The van der Waals surface area contributed by atoms with Gasteiger partial charge in [-0.15, -0.1) is 0 Å². The number of aromatic nitrogens is 2. The van der Waals surface area contributed by atoms with Crippen molar-refractivity contribution < 1.29 is 9.72 Å². The third kappa shape index (κ3) is 3.45. The number of piperazine rings is 1. The molecule has 1 fully saturated rings. The molecule has 2 heterocycles. The van der Waals surface area contributed by atoms with E-state index in [0.717, 1.165) is 18.7 Å². The van der Waals surface area contributed by atoms with Crippen molar-refractivity contribution in [1.82, 2.24) is 19.6 Å². The minimum atomic E-state index is -0.443. The highest BCUT2D eigenvalue weighted by atomic mass is 16.6. The van der Waals surface area contributed by atoms with Crippen LogP contribution in [0.15, 0.2) is 30.3 Å². The minimum Gasteiger partial charge on any atom is -0.331 e. The summed E-state index contributed by atoms with van der Waals surface area (Å²) in [6, 6.07) is 9.91. The molecular weight excluding hydrogens is 334 g/mol. The zero-order valence-electron chi connectivity index (χ0n) is 15.3. The van der Waals surface area contributed by atoms with E-state index in [9.17, 15) is 14.9 Å². The lowest BCUT2D eigenvalue weighted by molar-refractivity contribution is -0.386. The molecule has 8 nitrogen and oxygen atoms in total. The van der Waals surface area contributed by atoms with Gasteiger partial charge >= 0.3 is 5.69 Å². The highest BCUT2D eigenvalue weighted by molar-refractivity contribution is 5.77. The van der Waals surface area contributed by atoms with Crippen molar-refractivity contribution in [2.75, 3.05) is 26.7 Å². The average Bonchev–Trinajstić information content (AvgIpc) is 2.89. The van der Waals surface area contributed by atoms with Gasteiger partial charge in [0.1, 0.15) is 17.9 Å². The van der Waals surface area contributed by atoms with E-state index in [-0.39, 0.29) is 24.2 Å². The van der Waals surface area contributed by atoms with Crippen molar-refractivity contribution >= 4 is 11.6 Å². The smallest absolute Gasteiger partial charge is 0.312 e. The van der Waals surface area contributed by atoms with Gasteiger partial charge in [-0.2, -0.15) is 5.10 Å². The van der Waals surface area contributed by atoms with Crippen LogP contribution in [-0.4, -0.2) is 57.1 Å². The van der Waals surface area contributed by atoms with E-state index in [1.165, 1.54) is 4.68 Å². The molecule has 0 spiro atoms. The summed E-state index contributed by atoms with van der Waals surface area (Å²) in [6.45, 7) is 5.40. The maximum absolute atomic E-state index is 13.0. The van der Waals surface area contributed by atoms with Gasteiger partial charge in [-0.3, -0.25) is 19.6 Å². The fourth-order valence-electron chi connectivity index (χ4n) is 3.50. The first-order valence-electron chi connectivity index (χ1n) is 8.60. The van der Waals surface area contributed by atoms with Gasteiger partial charge in [-0.25, -0.2) is 0 Å². The molecule has 1 saturated heterocycles. The van der Waals surface area contributed by atoms with Crippen LogP contribution in [0, 0.1) is 24.0 Å². The first-order valence-corrected chi connectivity index (χ1v) is 8.60. The van der Waals surface area contributed by atoms with Gasteiger partial charge in [0.2, 0.25) is 5.91 Å². The van der Waals surface area contributed by atoms with Crippen molar-refractivity contribution in [3.05, 3.63) is 57.4 Å². The van der Waals surface area contributed by atoms with Gasteiger partial charge in [0.05, 0.1) is 11.0 Å². The molecule has 3 rings (SSSR count). The van der Waals surface area contributed by atoms with Gasteiger partial charge in [0.25, 0.3) is 0 Å². The Morgan fingerprint density at radius 1 is 1.27 bits per heavy atom. The van der Waals surface area contributed by atoms with Crippen LogP contribution < -0.4 is 0 Å². The van der Waals surface area contributed by atoms with Crippen LogP contribution >= 0.6 is 0 Å². The predicted octanol–water partition coefficient (Wildman–Crippen LogP) is 1.92. The van der Waals surface area contributed by atoms with Crippen LogP contribution in [-0.2, 0) is 11.3 Å². The molecule has 1 amide bonds. The lowest BCUT2D eigenvalue weighted by Crippen LogP contribution is -2.50. The molecule has 8 heteroatoms. The first kappa shape index (κ1) is 18.1. The van der Waals surface area contributed by atoms with Crippen LogP contribution in [0.2, 0.25) is 0 Å². The number of carbonyl (C=O) groups is 1. The largest absolute Gasteiger partial charge is 0.331 e. The second kappa shape index (κ2) is 7.25. The topological polar surface area (TPSA) is 84.5 Å². The van der Waals surface area contributed by atoms with E-state index in [1.54, 1.807) is 13.8 Å². The Balaban J connectivity index is 1.84. The average molecular weight is 357 g/mol. The van der Waals surface area contributed by atoms with Crippen LogP contribution in [0.1, 0.15) is 23.0 Å². The maximum Gasteiger partial charge on any atom is 0.312 e. The number of amides is 1. The molecule has 0 N–H and O–H groups in total. The zero-order valence-corrected chi connectivity index (χ0v) is 15.3. The molecule has 1 unspecified atom stereocenters. The molecule has 0 aliphatic carbocycles. The zero-order chi connectivity index (χ0) is 18.8. The summed E-state index contributed by atoms with van der Waals surface area (Å²) in [7, 11) is 2.04. The van der Waals surface area contributed by atoms with Gasteiger partial charge in [0.15, 0.2) is 0 Å². The quantitative estimate of drug-likeness (QED) is 0.616. The third-order valence-electron chi connectivity index (χ3n) is 4.90. The fourth-order valence-corrected chi connectivity index (χ4v) is 3.50. The molecule has 26 heavy (non-hydrogen) atoms. The molecule has 0 bridgehead atoms. The molecular formula is C18H23N5O3. The Morgan fingerprint density at radius 3 is 2.58 bits per heavy atom. The first-order chi connectivity index (χ1) is 12.4. The number of aryl methyl sites for hydroxylation is 1. The Hall–Kier alpha value is -2.74. The van der Waals surface area contributed by atoms with Crippen LogP contribution in [0.25, 0.3) is 0 Å². The van der Waals surface area contributed by atoms with E-state index in [0.29, 0.717) is 17.9 Å². The molecule has 0 saturated carbocycles. The van der Waals surface area contributed by atoms with Gasteiger partial charge in [0, 0.05) is 19.6 Å². The van der Waals surface area contributed by atoms with Crippen LogP contribution in [0.5, 0.6) is 0 Å². The van der Waals surface area contributed by atoms with Gasteiger partial charge in [-0.1, -0.05) is 30.3 Å². The second-order valence-electron chi connectivity index (χ2n) is 6.71. The predicted molar refractivity (Wildman–Crippen MR) is 96.7 cm³/mol. The van der Waals surface area contributed by atoms with E-state index in [1.807, 2.05) is 42.3 Å². The fraction of sp³-hybridized carbons (Fsp3) is 0.444. The van der Waals surface area contributed by atoms with E-state index < -0.39 is 4.92 Å². The Bertz CT molecular complexity index is 818. The summed E-state index contributed by atoms with van der Waals surface area (Å²) in [6.07, 6.45) is 0. The summed E-state index contributed by atoms with van der Waals surface area (Å²) in [4.78, 5) is 27.8. The van der Waals surface area contributed by atoms with Crippen molar-refractivity contribution in [3.63, 3.8) is 0 Å². The number of nitrogens with zero attached hydrogens (tertiary/aromatic N) is 5. The number of benzene rings is 1. The number of likely N-dealkylation sites (N-methyl/N-ethyl adjacent to an activating group) is 1. The lowest BCUT2D eigenvalue weighted by Gasteiger charge is -2.40. The highest BCUT2D eigenvalue weighted by Gasteiger charge is 2.31. The lowest BCUT2D eigenvalue weighted by atomic mass is 10.0. The summed E-state index contributed by atoms with van der Waals surface area (Å²) in [5, 5.41) is 15.4. The van der Waals surface area contributed by atoms with Crippen molar-refractivity contribution in [3.8, 4) is 0 Å². The normalized spacial score (nSPS) is 18.1. The summed E-state index contributed by atoms with van der Waals surface area (Å²) < 4.78 is 1.44. The maximum atomic E-state index is 13.0. The monoisotopic (exact) mass is 357 g/mol. The molecule has 1 aliphatic heterocycles. The third-order valence-corrected chi connectivity index (χ3v) is 4.90. The Kier molecular flexibility index (Phi) is 5.03. The van der Waals surface area contributed by atoms with E-state index in [4.69, 9.17) is 0 Å². The number of rotatable bonds is 4. The Labute approximate surface area is 152 Å². The minimum absolute atomic E-state index is 0.00750. The molecule has 1 atom stereocenters. The summed E-state index contributed by atoms with van der Waals surface area (Å²) in [5.41, 5.74) is 1.81. The molecule has 1 aromatic carbocycles. The molecule has 1 aliphatic rings. The SMILES string of the molecule is Cc1nn(CC(=O)N2CCN(C)CC2c2ccccc2)c(C)c1[N+](=O)[O-]. The number of hydrogen-bond donors (Lipinski definition) is 0.